The molecule has 12 N–H and O–H groups in total. The molecule has 2 saturated heterocycles. The summed E-state index contributed by atoms with van der Waals surface area (Å²) < 4.78 is 22.0. The highest BCUT2D eigenvalue weighted by Gasteiger charge is 2.51. The van der Waals surface area contributed by atoms with Crippen molar-refractivity contribution in [3.05, 3.63) is 45.6 Å². The van der Waals surface area contributed by atoms with Gasteiger partial charge in [-0.2, -0.15) is 0 Å². The molecule has 3 aromatic rings. The first-order chi connectivity index (χ1) is 23.1. The van der Waals surface area contributed by atoms with Gasteiger partial charge in [0.15, 0.2) is 28.6 Å². The Morgan fingerprint density at radius 2 is 1.35 bits per heavy atom. The highest BCUT2D eigenvalue weighted by atomic mass is 16.6. The minimum Gasteiger partial charge on any atom is -0.507 e. The number of carboxylic acids is 1. The largest absolute Gasteiger partial charge is 0.507 e. The van der Waals surface area contributed by atoms with Gasteiger partial charge in [0.05, 0.1) is 24.3 Å². The van der Waals surface area contributed by atoms with Crippen LogP contribution in [0.1, 0.15) is 29.8 Å². The van der Waals surface area contributed by atoms with E-state index >= 15 is 0 Å². The van der Waals surface area contributed by atoms with Gasteiger partial charge >= 0.3 is 11.9 Å². The number of aliphatic hydroxyl groups is 7. The van der Waals surface area contributed by atoms with E-state index in [4.69, 9.17) is 23.7 Å². The molecular weight excluding hydrogens is 664 g/mol. The van der Waals surface area contributed by atoms with Crippen molar-refractivity contribution in [3.63, 3.8) is 0 Å². The molecule has 0 bridgehead atoms. The molecule has 1 aromatic heterocycles. The van der Waals surface area contributed by atoms with Crippen LogP contribution >= 0.6 is 0 Å². The lowest BCUT2D eigenvalue weighted by Crippen LogP contribution is -2.57. The Hall–Kier alpha value is -4.57. The molecule has 0 unspecified atom stereocenters. The lowest BCUT2D eigenvalue weighted by molar-refractivity contribution is -0.241. The predicted octanol–water partition coefficient (Wildman–Crippen LogP) is -2.66. The SMILES string of the molecule is O=C(O)CC(=O)O[C@H]1[C@H](O)[C@@H](O)[C@H](c2c(O)c([C@@H]3O[C@H](CO)[C@@H](O)[C@H](O)[C@H]3O)c(O)c3c(=O)cc(-c4ccc(O)c(O)c4)oc23)O[C@@H]1CO. The van der Waals surface area contributed by atoms with Crippen LogP contribution in [0.15, 0.2) is 33.5 Å². The Labute approximate surface area is 273 Å². The van der Waals surface area contributed by atoms with E-state index in [-0.39, 0.29) is 11.3 Å². The highest BCUT2D eigenvalue weighted by Crippen LogP contribution is 2.51. The molecule has 19 heteroatoms. The lowest BCUT2D eigenvalue weighted by Gasteiger charge is -2.43. The molecule has 0 aliphatic carbocycles. The molecule has 10 atom stereocenters. The van der Waals surface area contributed by atoms with Crippen molar-refractivity contribution in [3.8, 4) is 34.3 Å². The molecule has 19 nitrogen and oxygen atoms in total. The fourth-order valence-corrected chi connectivity index (χ4v) is 5.89. The third-order valence-corrected chi connectivity index (χ3v) is 8.34. The van der Waals surface area contributed by atoms with E-state index in [1.165, 1.54) is 6.07 Å². The number of phenolic OH excluding ortho intramolecular Hbond substituents is 4. The summed E-state index contributed by atoms with van der Waals surface area (Å²) in [5, 5.41) is 125. The van der Waals surface area contributed by atoms with Gasteiger partial charge in [0.25, 0.3) is 0 Å². The van der Waals surface area contributed by atoms with Gasteiger partial charge in [-0.25, -0.2) is 0 Å². The number of hydrogen-bond donors (Lipinski definition) is 12. The second kappa shape index (κ2) is 13.7. The molecule has 0 radical (unpaired) electrons. The quantitative estimate of drug-likeness (QED) is 0.0649. The number of benzene rings is 2. The number of carbonyl (C=O) groups is 2. The number of fused-ring (bicyclic) bond motifs is 1. The molecule has 5 rings (SSSR count). The Morgan fingerprint density at radius 1 is 0.735 bits per heavy atom. The van der Waals surface area contributed by atoms with Crippen molar-refractivity contribution in [2.24, 2.45) is 0 Å². The topological polar surface area (TPSA) is 335 Å². The van der Waals surface area contributed by atoms with Crippen LogP contribution in [0.25, 0.3) is 22.3 Å². The molecule has 3 heterocycles. The van der Waals surface area contributed by atoms with Crippen molar-refractivity contribution in [1.82, 2.24) is 0 Å². The van der Waals surface area contributed by atoms with Gasteiger partial charge in [-0.15, -0.1) is 0 Å². The van der Waals surface area contributed by atoms with Crippen LogP contribution in [0.3, 0.4) is 0 Å². The van der Waals surface area contributed by atoms with Crippen molar-refractivity contribution < 1.29 is 89.5 Å². The number of carboxylic acid groups (broad SMARTS) is 1. The van der Waals surface area contributed by atoms with Gasteiger partial charge in [0.2, 0.25) is 0 Å². The van der Waals surface area contributed by atoms with Crippen molar-refractivity contribution >= 4 is 22.9 Å². The molecule has 0 amide bonds. The summed E-state index contributed by atoms with van der Waals surface area (Å²) in [6, 6.07) is 4.09. The number of phenols is 4. The number of carbonyl (C=O) groups excluding carboxylic acids is 1. The number of esters is 1. The van der Waals surface area contributed by atoms with Crippen molar-refractivity contribution in [2.75, 3.05) is 13.2 Å². The number of hydrogen-bond acceptors (Lipinski definition) is 18. The fourth-order valence-electron chi connectivity index (χ4n) is 5.89. The first-order valence-corrected chi connectivity index (χ1v) is 14.5. The van der Waals surface area contributed by atoms with Crippen LogP contribution in [0.2, 0.25) is 0 Å². The van der Waals surface area contributed by atoms with E-state index in [1.807, 2.05) is 0 Å². The zero-order valence-corrected chi connectivity index (χ0v) is 24.9. The summed E-state index contributed by atoms with van der Waals surface area (Å²) in [6.45, 7) is -1.96. The maximum Gasteiger partial charge on any atom is 0.317 e. The third-order valence-electron chi connectivity index (χ3n) is 8.34. The van der Waals surface area contributed by atoms with E-state index in [0.717, 1.165) is 18.2 Å². The van der Waals surface area contributed by atoms with Gasteiger partial charge in [-0.05, 0) is 18.2 Å². The summed E-state index contributed by atoms with van der Waals surface area (Å²) in [5.74, 6) is -6.72. The maximum absolute atomic E-state index is 13.6. The van der Waals surface area contributed by atoms with E-state index in [9.17, 15) is 70.6 Å². The van der Waals surface area contributed by atoms with Gasteiger partial charge in [-0.3, -0.25) is 14.4 Å². The van der Waals surface area contributed by atoms with Crippen LogP contribution in [0.5, 0.6) is 23.0 Å². The minimum absolute atomic E-state index is 0.0268. The smallest absolute Gasteiger partial charge is 0.317 e. The summed E-state index contributed by atoms with van der Waals surface area (Å²) in [5.41, 5.74) is -3.38. The van der Waals surface area contributed by atoms with Crippen LogP contribution in [0, 0.1) is 0 Å². The number of aliphatic hydroxyl groups excluding tert-OH is 7. The van der Waals surface area contributed by atoms with Crippen LogP contribution in [-0.2, 0) is 23.8 Å². The van der Waals surface area contributed by atoms with E-state index in [0.29, 0.717) is 0 Å². The number of aromatic hydroxyl groups is 4. The monoisotopic (exact) mass is 696 g/mol. The summed E-state index contributed by atoms with van der Waals surface area (Å²) >= 11 is 0. The summed E-state index contributed by atoms with van der Waals surface area (Å²) in [6.07, 6.45) is -20.8. The van der Waals surface area contributed by atoms with E-state index in [2.05, 4.69) is 0 Å². The van der Waals surface area contributed by atoms with Crippen LogP contribution in [-0.4, -0.2) is 135 Å². The fraction of sp³-hybridized carbons (Fsp3) is 0.433. The molecule has 2 aromatic carbocycles. The second-order valence-electron chi connectivity index (χ2n) is 11.4. The molecule has 2 fully saturated rings. The Kier molecular flexibility index (Phi) is 10.0. The Balaban J connectivity index is 1.75. The molecule has 266 valence electrons. The molecule has 0 spiro atoms. The number of aliphatic carboxylic acids is 1. The first kappa shape index (κ1) is 35.7. The van der Waals surface area contributed by atoms with Crippen LogP contribution < -0.4 is 5.43 Å². The molecule has 49 heavy (non-hydrogen) atoms. The normalized spacial score (nSPS) is 30.3. The zero-order valence-electron chi connectivity index (χ0n) is 24.9. The Morgan fingerprint density at radius 3 is 1.96 bits per heavy atom. The number of ether oxygens (including phenoxy) is 3. The third kappa shape index (κ3) is 6.34. The minimum atomic E-state index is -2.24. The molecule has 2 aliphatic rings. The Bertz CT molecular complexity index is 1800. The average molecular weight is 697 g/mol. The van der Waals surface area contributed by atoms with Crippen molar-refractivity contribution in [1.29, 1.82) is 0 Å². The maximum atomic E-state index is 13.6. The average Bonchev–Trinajstić information content (AvgIpc) is 3.04. The molecule has 2 aliphatic heterocycles. The highest BCUT2D eigenvalue weighted by molar-refractivity contribution is 5.92. The standard InChI is InChI=1S/C30H32O19/c31-6-13-20(39)23(42)24(43)29(47-13)18-21(40)17-11(35)4-12(8-1-2-9(33)10(34)3-8)46-28(17)19(22(18)41)30-26(45)25(44)27(14(7-32)48-30)49-16(38)5-15(36)37/h1-4,13-14,20,23-27,29-34,39-45H,5-7H2,(H,36,37)/t13-,14-,20-,23+,24-,25-,26-,27-,29+,30+/m1/s1. The van der Waals surface area contributed by atoms with Gasteiger partial charge < -0.3 is 79.9 Å². The zero-order chi connectivity index (χ0) is 36.1. The lowest BCUT2D eigenvalue weighted by atomic mass is 9.85. The van der Waals surface area contributed by atoms with Gasteiger partial charge in [-0.1, -0.05) is 0 Å². The second-order valence-corrected chi connectivity index (χ2v) is 11.4. The first-order valence-electron chi connectivity index (χ1n) is 14.5. The van der Waals surface area contributed by atoms with Crippen molar-refractivity contribution in [2.45, 2.75) is 67.5 Å². The summed E-state index contributed by atoms with van der Waals surface area (Å²) in [4.78, 5) is 36.7. The predicted molar refractivity (Wildman–Crippen MR) is 156 cm³/mol. The summed E-state index contributed by atoms with van der Waals surface area (Å²) in [7, 11) is 0. The van der Waals surface area contributed by atoms with Gasteiger partial charge in [0, 0.05) is 11.6 Å². The van der Waals surface area contributed by atoms with Crippen LogP contribution in [0.4, 0.5) is 0 Å². The van der Waals surface area contributed by atoms with E-state index in [1.54, 1.807) is 0 Å². The number of rotatable bonds is 8. The molecule has 0 saturated carbocycles. The van der Waals surface area contributed by atoms with Gasteiger partial charge in [0.1, 0.15) is 84.0 Å². The van der Waals surface area contributed by atoms with E-state index < -0.39 is 143 Å². The molecular formula is C30H32O19.